The van der Waals surface area contributed by atoms with Crippen LogP contribution < -0.4 is 5.32 Å². The van der Waals surface area contributed by atoms with E-state index in [1.54, 1.807) is 0 Å². The minimum atomic E-state index is -0.250. The van der Waals surface area contributed by atoms with Crippen LogP contribution in [0.2, 0.25) is 0 Å². The zero-order chi connectivity index (χ0) is 23.2. The number of rotatable bonds is 3. The lowest BCUT2D eigenvalue weighted by Crippen LogP contribution is -2.66. The highest BCUT2D eigenvalue weighted by Crippen LogP contribution is 2.42. The Morgan fingerprint density at radius 3 is 2.45 bits per heavy atom. The summed E-state index contributed by atoms with van der Waals surface area (Å²) < 4.78 is 0. The lowest BCUT2D eigenvalue weighted by molar-refractivity contribution is -0.151. The molecule has 4 atom stereocenters. The Bertz CT molecular complexity index is 811. The number of carbonyl (C=O) groups is 3. The molecule has 3 amide bonds. The van der Waals surface area contributed by atoms with Gasteiger partial charge in [-0.2, -0.15) is 0 Å². The maximum absolute atomic E-state index is 13.1. The molecule has 3 saturated heterocycles. The minimum Gasteiger partial charge on any atom is -0.483 e. The molecule has 5 rings (SSSR count). The van der Waals surface area contributed by atoms with E-state index in [0.29, 0.717) is 36.2 Å². The summed E-state index contributed by atoms with van der Waals surface area (Å²) in [5, 5.41) is 10.2. The van der Waals surface area contributed by atoms with Crippen LogP contribution in [0.4, 0.5) is 4.79 Å². The van der Waals surface area contributed by atoms with E-state index in [1.165, 1.54) is 24.8 Å². The molecular formula is C26H37N3O4. The van der Waals surface area contributed by atoms with Crippen molar-refractivity contribution in [1.82, 2.24) is 15.1 Å². The normalized spacial score (nSPS) is 29.4. The van der Waals surface area contributed by atoms with Gasteiger partial charge in [-0.15, -0.1) is 0 Å². The Morgan fingerprint density at radius 2 is 1.73 bits per heavy atom. The van der Waals surface area contributed by atoms with Crippen LogP contribution in [0.1, 0.15) is 63.4 Å². The fraction of sp³-hybridized carbons (Fsp3) is 0.654. The topological polar surface area (TPSA) is 90.0 Å². The van der Waals surface area contributed by atoms with Crippen LogP contribution in [0.3, 0.4) is 0 Å². The van der Waals surface area contributed by atoms with Gasteiger partial charge in [-0.25, -0.2) is 4.79 Å². The highest BCUT2D eigenvalue weighted by atomic mass is 16.3. The van der Waals surface area contributed by atoms with E-state index in [2.05, 4.69) is 39.4 Å². The number of hydrogen-bond donors (Lipinski definition) is 2. The van der Waals surface area contributed by atoms with E-state index >= 15 is 0 Å². The average Bonchev–Trinajstić information content (AvgIpc) is 2.83. The van der Waals surface area contributed by atoms with Crippen molar-refractivity contribution in [2.45, 2.75) is 82.3 Å². The number of nitrogens with one attached hydrogen (secondary N) is 1. The molecule has 3 aliphatic heterocycles. The molecule has 0 aromatic heterocycles. The Morgan fingerprint density at radius 1 is 1.03 bits per heavy atom. The second-order valence-electron chi connectivity index (χ2n) is 10.1. The van der Waals surface area contributed by atoms with Gasteiger partial charge < -0.3 is 20.2 Å². The van der Waals surface area contributed by atoms with E-state index in [-0.39, 0.29) is 18.5 Å². The summed E-state index contributed by atoms with van der Waals surface area (Å²) in [7, 11) is 0. The molecule has 0 radical (unpaired) electrons. The van der Waals surface area contributed by atoms with Crippen molar-refractivity contribution in [3.05, 3.63) is 35.9 Å². The first-order valence-electron chi connectivity index (χ1n) is 12.6. The number of fused-ring (bicyclic) bond motifs is 4. The highest BCUT2D eigenvalue weighted by Gasteiger charge is 2.50. The summed E-state index contributed by atoms with van der Waals surface area (Å²) in [4.78, 5) is 38.8. The Hall–Kier alpha value is -2.57. The molecule has 7 nitrogen and oxygen atoms in total. The van der Waals surface area contributed by atoms with Crippen LogP contribution in [0.5, 0.6) is 0 Å². The summed E-state index contributed by atoms with van der Waals surface area (Å²) in [6.07, 6.45) is 10.8. The highest BCUT2D eigenvalue weighted by molar-refractivity contribution is 5.78. The van der Waals surface area contributed by atoms with Crippen molar-refractivity contribution in [2.75, 3.05) is 13.1 Å². The largest absolute Gasteiger partial charge is 0.483 e. The predicted octanol–water partition coefficient (Wildman–Crippen LogP) is 3.67. The molecule has 1 saturated carbocycles. The lowest BCUT2D eigenvalue weighted by atomic mass is 9.71. The van der Waals surface area contributed by atoms with Crippen molar-refractivity contribution in [3.8, 4) is 0 Å². The Labute approximate surface area is 196 Å². The number of carbonyl (C=O) groups excluding carboxylic acids is 2. The van der Waals surface area contributed by atoms with E-state index in [1.807, 2.05) is 6.07 Å². The molecule has 3 heterocycles. The second-order valence-corrected chi connectivity index (χ2v) is 10.1. The van der Waals surface area contributed by atoms with Crippen LogP contribution in [0, 0.1) is 11.8 Å². The Balaban J connectivity index is 0.000000821. The van der Waals surface area contributed by atoms with Crippen molar-refractivity contribution < 1.29 is 19.5 Å². The molecule has 1 aromatic rings. The van der Waals surface area contributed by atoms with Gasteiger partial charge in [0.1, 0.15) is 0 Å². The minimum absolute atomic E-state index is 0.130. The first kappa shape index (κ1) is 23.6. The predicted molar refractivity (Wildman–Crippen MR) is 126 cm³/mol. The zero-order valence-electron chi connectivity index (χ0n) is 19.4. The van der Waals surface area contributed by atoms with Gasteiger partial charge in [0.05, 0.1) is 0 Å². The SMILES string of the molecule is O=C(NC1CCCCC1)N1C[C@H]2C[C@@H](C1)[C@H](Cc1ccccc1)N1C(=O)CCC[C@@H]21.O=CO. The van der Waals surface area contributed by atoms with Crippen LogP contribution >= 0.6 is 0 Å². The molecule has 180 valence electrons. The molecule has 4 fully saturated rings. The molecule has 0 spiro atoms. The summed E-state index contributed by atoms with van der Waals surface area (Å²) in [6, 6.07) is 11.6. The van der Waals surface area contributed by atoms with E-state index in [0.717, 1.165) is 51.6 Å². The van der Waals surface area contributed by atoms with Gasteiger partial charge in [0, 0.05) is 37.6 Å². The molecule has 33 heavy (non-hydrogen) atoms. The van der Waals surface area contributed by atoms with Crippen LogP contribution in [-0.4, -0.2) is 64.5 Å². The number of likely N-dealkylation sites (tertiary alicyclic amines) is 1. The van der Waals surface area contributed by atoms with Crippen molar-refractivity contribution >= 4 is 18.4 Å². The number of nitrogens with zero attached hydrogens (tertiary/aromatic N) is 2. The molecule has 1 aliphatic carbocycles. The number of urea groups is 1. The summed E-state index contributed by atoms with van der Waals surface area (Å²) >= 11 is 0. The molecule has 4 aliphatic rings. The van der Waals surface area contributed by atoms with Gasteiger partial charge in [-0.3, -0.25) is 9.59 Å². The number of piperidine rings is 3. The summed E-state index contributed by atoms with van der Waals surface area (Å²) in [5.74, 6) is 1.14. The Kier molecular flexibility index (Phi) is 7.89. The zero-order valence-corrected chi connectivity index (χ0v) is 19.4. The number of carboxylic acid groups (broad SMARTS) is 1. The van der Waals surface area contributed by atoms with E-state index in [4.69, 9.17) is 9.90 Å². The third-order valence-electron chi connectivity index (χ3n) is 8.00. The van der Waals surface area contributed by atoms with Crippen LogP contribution in [0.25, 0.3) is 0 Å². The van der Waals surface area contributed by atoms with Gasteiger partial charge in [0.25, 0.3) is 6.47 Å². The monoisotopic (exact) mass is 455 g/mol. The fourth-order valence-electron chi connectivity index (χ4n) is 6.57. The lowest BCUT2D eigenvalue weighted by Gasteiger charge is -2.56. The van der Waals surface area contributed by atoms with Crippen LogP contribution in [-0.2, 0) is 16.0 Å². The molecule has 1 aromatic carbocycles. The molecule has 2 N–H and O–H groups in total. The molecule has 2 bridgehead atoms. The first-order chi connectivity index (χ1) is 16.1. The first-order valence-corrected chi connectivity index (χ1v) is 12.6. The molecular weight excluding hydrogens is 418 g/mol. The standard InChI is InChI=1S/C25H35N3O2.CH2O2/c29-24-13-7-12-22-19-15-20(23(28(22)24)14-18-8-3-1-4-9-18)17-27(16-19)25(30)26-21-10-5-2-6-11-21;2-1-3/h1,3-4,8-9,19-23H,2,5-7,10-17H2,(H,26,30);1H,(H,2,3)/t19-,20+,22+,23+;/m1./s1. The van der Waals surface area contributed by atoms with Gasteiger partial charge in [0.2, 0.25) is 5.91 Å². The van der Waals surface area contributed by atoms with Crippen molar-refractivity contribution in [2.24, 2.45) is 11.8 Å². The van der Waals surface area contributed by atoms with Gasteiger partial charge in [-0.1, -0.05) is 49.6 Å². The second kappa shape index (κ2) is 11.0. The molecule has 0 unspecified atom stereocenters. The van der Waals surface area contributed by atoms with Crippen LogP contribution in [0.15, 0.2) is 30.3 Å². The van der Waals surface area contributed by atoms with Crippen molar-refractivity contribution in [1.29, 1.82) is 0 Å². The summed E-state index contributed by atoms with van der Waals surface area (Å²) in [6.45, 7) is 1.34. The maximum Gasteiger partial charge on any atom is 0.317 e. The smallest absolute Gasteiger partial charge is 0.317 e. The van der Waals surface area contributed by atoms with Crippen molar-refractivity contribution in [3.63, 3.8) is 0 Å². The quantitative estimate of drug-likeness (QED) is 0.681. The molecule has 7 heteroatoms. The third-order valence-corrected chi connectivity index (χ3v) is 8.00. The van der Waals surface area contributed by atoms with E-state index < -0.39 is 0 Å². The average molecular weight is 456 g/mol. The number of amides is 3. The van der Waals surface area contributed by atoms with Gasteiger partial charge >= 0.3 is 6.03 Å². The summed E-state index contributed by atoms with van der Waals surface area (Å²) in [5.41, 5.74) is 1.29. The van der Waals surface area contributed by atoms with Gasteiger partial charge in [0.15, 0.2) is 0 Å². The maximum atomic E-state index is 13.1. The number of benzene rings is 1. The number of hydrogen-bond acceptors (Lipinski definition) is 3. The van der Waals surface area contributed by atoms with E-state index in [9.17, 15) is 9.59 Å². The fourth-order valence-corrected chi connectivity index (χ4v) is 6.57. The third kappa shape index (κ3) is 5.50. The van der Waals surface area contributed by atoms with Gasteiger partial charge in [-0.05, 0) is 55.9 Å².